The molecule has 4 fully saturated rings. The fourth-order valence-corrected chi connectivity index (χ4v) is 11.7. The molecule has 0 saturated carbocycles. The molecule has 0 spiro atoms. The summed E-state index contributed by atoms with van der Waals surface area (Å²) in [5, 5.41) is 30.6. The van der Waals surface area contributed by atoms with Crippen LogP contribution in [-0.4, -0.2) is 113 Å². The van der Waals surface area contributed by atoms with Gasteiger partial charge in [0, 0.05) is 80.4 Å². The number of nitrogens with one attached hydrogen (secondary N) is 3. The molecule has 10 rings (SSSR count). The monoisotopic (exact) mass is 972 g/mol. The van der Waals surface area contributed by atoms with Crippen LogP contribution in [0.25, 0.3) is 11.0 Å². The number of hydrogen-bond acceptors (Lipinski definition) is 15. The van der Waals surface area contributed by atoms with Crippen molar-refractivity contribution in [3.8, 4) is 12.1 Å². The van der Waals surface area contributed by atoms with Crippen molar-refractivity contribution < 1.29 is 26.3 Å². The van der Waals surface area contributed by atoms with Crippen LogP contribution in [0.5, 0.6) is 0 Å². The van der Waals surface area contributed by atoms with Crippen LogP contribution in [-0.2, 0) is 28.5 Å². The van der Waals surface area contributed by atoms with E-state index in [1.807, 2.05) is 13.0 Å². The number of fused-ring (bicyclic) bond motifs is 2. The number of aromatic nitrogens is 8. The standard InChI is InChI=1S/C22H24N6O4S.C15H21N5O2.C7H4ClNO2S/c1-14-12-27(33(30,31)19-5-3-2-4-16(19)10-23)13-17(14)20-25-22(29)18-11-24-21(28(18)26-20)15-6-8-32-9-7-15;1-9-6-16-7-11(9)13-18-15(21)12-8-17-14(20(12)19-13)10-2-4-22-5-3-10;8-12(10,11)7-4-2-1-3-6(7)5-9/h2-5,11,14-15,17H,6-9,12-13H2,1H3,(H,25,26,29);8-11,16H,2-7H2,1H3,(H,18,19,21);1-4H. The van der Waals surface area contributed by atoms with Gasteiger partial charge in [-0.3, -0.25) is 9.59 Å². The van der Waals surface area contributed by atoms with Gasteiger partial charge in [-0.05, 0) is 68.3 Å². The molecule has 23 heteroatoms. The number of imidazole rings is 2. The Labute approximate surface area is 390 Å². The number of benzene rings is 2. The molecular weight excluding hydrogens is 924 g/mol. The van der Waals surface area contributed by atoms with Crippen LogP contribution in [0, 0.1) is 34.5 Å². The van der Waals surface area contributed by atoms with Crippen molar-refractivity contribution in [1.29, 1.82) is 10.5 Å². The Morgan fingerprint density at radius 3 is 1.61 bits per heavy atom. The predicted octanol–water partition coefficient (Wildman–Crippen LogP) is 3.73. The van der Waals surface area contributed by atoms with Gasteiger partial charge in [-0.25, -0.2) is 35.8 Å². The zero-order valence-corrected chi connectivity index (χ0v) is 39.1. The van der Waals surface area contributed by atoms with E-state index in [0.29, 0.717) is 41.9 Å². The van der Waals surface area contributed by atoms with E-state index in [4.69, 9.17) is 35.6 Å². The van der Waals surface area contributed by atoms with E-state index in [-0.39, 0.29) is 68.8 Å². The summed E-state index contributed by atoms with van der Waals surface area (Å²) in [4.78, 5) is 39.7. The molecule has 0 aliphatic carbocycles. The smallest absolute Gasteiger partial charge is 0.276 e. The van der Waals surface area contributed by atoms with Crippen LogP contribution in [0.4, 0.5) is 0 Å². The van der Waals surface area contributed by atoms with Gasteiger partial charge in [-0.1, -0.05) is 38.1 Å². The third kappa shape index (κ3) is 10.1. The normalized spacial score (nSPS) is 21.8. The summed E-state index contributed by atoms with van der Waals surface area (Å²) in [5.41, 5.74) is 0.680. The number of sulfonamides is 1. The van der Waals surface area contributed by atoms with Crippen LogP contribution in [0.1, 0.15) is 97.6 Å². The lowest BCUT2D eigenvalue weighted by atomic mass is 9.97. The first-order valence-corrected chi connectivity index (χ1v) is 25.7. The Hall–Kier alpha value is -5.85. The molecule has 0 amide bonds. The molecule has 4 aliphatic rings. The molecule has 0 radical (unpaired) electrons. The van der Waals surface area contributed by atoms with Crippen molar-refractivity contribution in [2.75, 3.05) is 52.6 Å². The number of H-pyrrole nitrogens is 2. The molecule has 8 heterocycles. The Morgan fingerprint density at radius 2 is 1.15 bits per heavy atom. The Bertz CT molecular complexity index is 3200. The van der Waals surface area contributed by atoms with Gasteiger partial charge in [0.1, 0.15) is 40.3 Å². The molecule has 352 valence electrons. The molecule has 0 bridgehead atoms. The van der Waals surface area contributed by atoms with Gasteiger partial charge < -0.3 is 24.8 Å². The molecule has 6 aromatic rings. The summed E-state index contributed by atoms with van der Waals surface area (Å²) < 4.78 is 63.8. The predicted molar refractivity (Wildman–Crippen MR) is 244 cm³/mol. The number of halogens is 1. The van der Waals surface area contributed by atoms with Crippen molar-refractivity contribution in [2.45, 2.75) is 73.0 Å². The maximum atomic E-state index is 13.3. The summed E-state index contributed by atoms with van der Waals surface area (Å²) in [6.07, 6.45) is 6.67. The minimum atomic E-state index is -3.86. The van der Waals surface area contributed by atoms with E-state index >= 15 is 0 Å². The maximum Gasteiger partial charge on any atom is 0.276 e. The Balaban J connectivity index is 0.000000153. The van der Waals surface area contributed by atoms with Gasteiger partial charge in [0.25, 0.3) is 20.2 Å². The molecular formula is C44H49ClN12O8S2. The SMILES string of the molecule is CC1CN(S(=O)(=O)c2ccccc2C#N)CC1c1nn2c(C3CCOCC3)ncc2c(=O)[nH]1.CC1CNCC1c1nn2c(C3CCOCC3)ncc2c(=O)[nH]1.N#Cc1ccccc1S(=O)(=O)Cl. The number of aromatic amines is 2. The lowest BCUT2D eigenvalue weighted by Gasteiger charge is -2.21. The van der Waals surface area contributed by atoms with Crippen LogP contribution >= 0.6 is 10.7 Å². The summed E-state index contributed by atoms with van der Waals surface area (Å²) in [7, 11) is -2.60. The van der Waals surface area contributed by atoms with Gasteiger partial charge in [-0.15, -0.1) is 0 Å². The highest BCUT2D eigenvalue weighted by Gasteiger charge is 2.40. The second-order valence-corrected chi connectivity index (χ2v) is 21.5. The second kappa shape index (κ2) is 20.2. The zero-order chi connectivity index (χ0) is 47.5. The average molecular weight is 974 g/mol. The molecule has 4 unspecified atom stereocenters. The minimum Gasteiger partial charge on any atom is -0.381 e. The maximum absolute atomic E-state index is 13.3. The van der Waals surface area contributed by atoms with Crippen molar-refractivity contribution in [3.63, 3.8) is 0 Å². The van der Waals surface area contributed by atoms with Gasteiger partial charge >= 0.3 is 0 Å². The molecule has 4 aliphatic heterocycles. The van der Waals surface area contributed by atoms with Crippen molar-refractivity contribution in [3.05, 3.63) is 116 Å². The first kappa shape index (κ1) is 47.6. The molecule has 20 nitrogen and oxygen atoms in total. The Kier molecular flexibility index (Phi) is 14.3. The summed E-state index contributed by atoms with van der Waals surface area (Å²) in [6, 6.07) is 15.7. The number of hydrogen-bond donors (Lipinski definition) is 3. The topological polar surface area (TPSA) is 276 Å². The van der Waals surface area contributed by atoms with Crippen molar-refractivity contribution in [1.82, 2.24) is 48.8 Å². The summed E-state index contributed by atoms with van der Waals surface area (Å²) in [6.45, 7) is 9.16. The first-order chi connectivity index (χ1) is 32.2. The van der Waals surface area contributed by atoms with E-state index in [1.54, 1.807) is 39.5 Å². The van der Waals surface area contributed by atoms with E-state index in [9.17, 15) is 31.7 Å². The largest absolute Gasteiger partial charge is 0.381 e. The van der Waals surface area contributed by atoms with Gasteiger partial charge in [0.2, 0.25) is 10.0 Å². The molecule has 3 N–H and O–H groups in total. The van der Waals surface area contributed by atoms with Crippen LogP contribution < -0.4 is 16.4 Å². The highest BCUT2D eigenvalue weighted by atomic mass is 35.7. The molecule has 4 aromatic heterocycles. The fraction of sp³-hybridized carbons (Fsp3) is 0.455. The number of nitriles is 2. The van der Waals surface area contributed by atoms with Gasteiger partial charge in [0.05, 0.1) is 28.4 Å². The number of rotatable bonds is 7. The van der Waals surface area contributed by atoms with E-state index < -0.39 is 19.1 Å². The summed E-state index contributed by atoms with van der Waals surface area (Å²) in [5.74, 6) is 3.65. The summed E-state index contributed by atoms with van der Waals surface area (Å²) >= 11 is 0. The molecule has 67 heavy (non-hydrogen) atoms. The zero-order valence-electron chi connectivity index (χ0n) is 36.7. The Morgan fingerprint density at radius 1 is 0.672 bits per heavy atom. The van der Waals surface area contributed by atoms with Gasteiger partial charge in [-0.2, -0.15) is 25.0 Å². The lowest BCUT2D eigenvalue weighted by Crippen LogP contribution is -2.30. The van der Waals surface area contributed by atoms with Crippen LogP contribution in [0.15, 0.2) is 80.3 Å². The van der Waals surface area contributed by atoms with Gasteiger partial charge in [0.15, 0.2) is 11.0 Å². The second-order valence-electron chi connectivity index (χ2n) is 17.1. The molecule has 2 aromatic carbocycles. The lowest BCUT2D eigenvalue weighted by molar-refractivity contribution is 0.0831. The highest BCUT2D eigenvalue weighted by molar-refractivity contribution is 8.13. The van der Waals surface area contributed by atoms with E-state index in [1.165, 1.54) is 40.8 Å². The quantitative estimate of drug-likeness (QED) is 0.192. The first-order valence-electron chi connectivity index (χ1n) is 21.9. The average Bonchev–Trinajstić information content (AvgIpc) is 4.16. The number of nitrogens with zero attached hydrogens (tertiary/aromatic N) is 9. The molecule has 4 atom stereocenters. The molecule has 4 saturated heterocycles. The minimum absolute atomic E-state index is 0.00586. The number of ether oxygens (including phenoxy) is 2. The van der Waals surface area contributed by atoms with Crippen molar-refractivity contribution >= 4 is 40.8 Å². The van der Waals surface area contributed by atoms with Crippen LogP contribution in [0.2, 0.25) is 0 Å². The third-order valence-electron chi connectivity index (χ3n) is 12.8. The van der Waals surface area contributed by atoms with Crippen molar-refractivity contribution in [2.24, 2.45) is 11.8 Å². The van der Waals surface area contributed by atoms with E-state index in [0.717, 1.165) is 69.5 Å². The third-order valence-corrected chi connectivity index (χ3v) is 16.0. The van der Waals surface area contributed by atoms with E-state index in [2.05, 4.69) is 32.2 Å². The highest BCUT2D eigenvalue weighted by Crippen LogP contribution is 2.35. The van der Waals surface area contributed by atoms with Crippen LogP contribution in [0.3, 0.4) is 0 Å². The fourth-order valence-electron chi connectivity index (χ4n) is 9.01.